The van der Waals surface area contributed by atoms with Crippen molar-refractivity contribution in [3.05, 3.63) is 45.8 Å². The third-order valence-corrected chi connectivity index (χ3v) is 5.68. The molecule has 2 aromatic carbocycles. The quantitative estimate of drug-likeness (QED) is 0.604. The largest absolute Gasteiger partial charge is 0.503 e. The van der Waals surface area contributed by atoms with Crippen LogP contribution in [0.5, 0.6) is 23.0 Å². The Morgan fingerprint density at radius 3 is 2.84 bits per heavy atom. The minimum atomic E-state index is -0.608. The number of amides is 3. The first kappa shape index (κ1) is 21.8. The van der Waals surface area contributed by atoms with Crippen LogP contribution in [-0.4, -0.2) is 47.0 Å². The summed E-state index contributed by atoms with van der Waals surface area (Å²) in [5, 5.41) is 12.1. The van der Waals surface area contributed by atoms with Crippen LogP contribution in [0.1, 0.15) is 12.5 Å². The van der Waals surface area contributed by atoms with Gasteiger partial charge in [-0.3, -0.25) is 19.3 Å². The van der Waals surface area contributed by atoms with E-state index in [4.69, 9.17) is 25.8 Å². The van der Waals surface area contributed by atoms with Crippen LogP contribution in [0.3, 0.4) is 0 Å². The number of ether oxygens (including phenoxy) is 3. The number of phenols is 1. The summed E-state index contributed by atoms with van der Waals surface area (Å²) < 4.78 is 15.8. The first-order valence-corrected chi connectivity index (χ1v) is 10.7. The second-order valence-electron chi connectivity index (χ2n) is 6.67. The number of benzene rings is 2. The van der Waals surface area contributed by atoms with Gasteiger partial charge in [-0.15, -0.1) is 0 Å². The van der Waals surface area contributed by atoms with Crippen molar-refractivity contribution in [2.45, 2.75) is 6.92 Å². The van der Waals surface area contributed by atoms with Gasteiger partial charge in [0.15, 0.2) is 23.0 Å². The number of fused-ring (bicyclic) bond motifs is 1. The highest BCUT2D eigenvalue weighted by atomic mass is 35.5. The van der Waals surface area contributed by atoms with Crippen LogP contribution in [0.15, 0.2) is 35.2 Å². The summed E-state index contributed by atoms with van der Waals surface area (Å²) in [6.45, 7) is 1.72. The molecule has 0 aromatic heterocycles. The average molecular weight is 477 g/mol. The highest BCUT2D eigenvalue weighted by Gasteiger charge is 2.36. The first-order chi connectivity index (χ1) is 15.4. The molecule has 0 aliphatic carbocycles. The van der Waals surface area contributed by atoms with Gasteiger partial charge in [-0.05, 0) is 54.6 Å². The molecule has 1 saturated heterocycles. The number of hydrogen-bond acceptors (Lipinski definition) is 8. The van der Waals surface area contributed by atoms with Crippen molar-refractivity contribution in [3.8, 4) is 23.0 Å². The van der Waals surface area contributed by atoms with Crippen molar-refractivity contribution < 1.29 is 33.7 Å². The van der Waals surface area contributed by atoms with Crippen molar-refractivity contribution in [3.63, 3.8) is 0 Å². The predicted molar refractivity (Wildman–Crippen MR) is 118 cm³/mol. The molecule has 0 spiro atoms. The smallest absolute Gasteiger partial charge is 0.294 e. The van der Waals surface area contributed by atoms with Gasteiger partial charge in [0.1, 0.15) is 6.54 Å². The van der Waals surface area contributed by atoms with Crippen LogP contribution < -0.4 is 19.5 Å². The van der Waals surface area contributed by atoms with Crippen molar-refractivity contribution in [1.29, 1.82) is 0 Å². The maximum absolute atomic E-state index is 12.7. The Bertz CT molecular complexity index is 1150. The maximum Gasteiger partial charge on any atom is 0.294 e. The molecule has 1 fully saturated rings. The summed E-state index contributed by atoms with van der Waals surface area (Å²) in [7, 11) is 0. The molecule has 11 heteroatoms. The Morgan fingerprint density at radius 2 is 2.06 bits per heavy atom. The van der Waals surface area contributed by atoms with Crippen LogP contribution in [0.2, 0.25) is 5.02 Å². The van der Waals surface area contributed by atoms with Gasteiger partial charge >= 0.3 is 0 Å². The molecule has 166 valence electrons. The van der Waals surface area contributed by atoms with E-state index in [9.17, 15) is 19.5 Å². The van der Waals surface area contributed by atoms with Gasteiger partial charge in [-0.2, -0.15) is 0 Å². The van der Waals surface area contributed by atoms with E-state index in [2.05, 4.69) is 5.32 Å². The zero-order valence-electron chi connectivity index (χ0n) is 16.7. The third-order valence-electron chi connectivity index (χ3n) is 4.48. The number of phenolic OH excluding ortho intramolecular Hbond substituents is 1. The number of nitrogens with one attached hydrogen (secondary N) is 1. The van der Waals surface area contributed by atoms with E-state index in [-0.39, 0.29) is 28.2 Å². The summed E-state index contributed by atoms with van der Waals surface area (Å²) in [5.41, 5.74) is 0.913. The normalized spacial score (nSPS) is 16.1. The highest BCUT2D eigenvalue weighted by molar-refractivity contribution is 8.18. The molecule has 2 heterocycles. The van der Waals surface area contributed by atoms with E-state index < -0.39 is 23.6 Å². The monoisotopic (exact) mass is 476 g/mol. The van der Waals surface area contributed by atoms with Crippen molar-refractivity contribution in [2.75, 3.05) is 25.3 Å². The second kappa shape index (κ2) is 9.01. The maximum atomic E-state index is 12.7. The minimum Gasteiger partial charge on any atom is -0.503 e. The van der Waals surface area contributed by atoms with Gasteiger partial charge in [0.05, 0.1) is 16.5 Å². The molecule has 2 aromatic rings. The first-order valence-electron chi connectivity index (χ1n) is 9.46. The molecule has 0 atom stereocenters. The third kappa shape index (κ3) is 4.46. The summed E-state index contributed by atoms with van der Waals surface area (Å²) in [6, 6.07) is 7.83. The Morgan fingerprint density at radius 1 is 1.28 bits per heavy atom. The van der Waals surface area contributed by atoms with Crippen molar-refractivity contribution >= 4 is 52.2 Å². The SMILES string of the molecule is CCOc1cc(/C=C2\SC(=O)N(CC(=O)Nc3ccc4c(c3)OCO4)C2=O)cc(Cl)c1O. The Labute approximate surface area is 191 Å². The molecular formula is C21H17ClN2O7S. The molecule has 3 amide bonds. The predicted octanol–water partition coefficient (Wildman–Crippen LogP) is 3.85. The lowest BCUT2D eigenvalue weighted by Crippen LogP contribution is -2.36. The number of thioether (sulfide) groups is 1. The van der Waals surface area contributed by atoms with Crippen LogP contribution in [0.25, 0.3) is 6.08 Å². The topological polar surface area (TPSA) is 114 Å². The molecule has 4 rings (SSSR count). The highest BCUT2D eigenvalue weighted by Crippen LogP contribution is 2.38. The molecule has 32 heavy (non-hydrogen) atoms. The van der Waals surface area contributed by atoms with Gasteiger partial charge in [0.25, 0.3) is 11.1 Å². The van der Waals surface area contributed by atoms with Crippen LogP contribution in [0.4, 0.5) is 10.5 Å². The van der Waals surface area contributed by atoms with Crippen molar-refractivity contribution in [2.24, 2.45) is 0 Å². The average Bonchev–Trinajstić information content (AvgIpc) is 3.31. The summed E-state index contributed by atoms with van der Waals surface area (Å²) in [4.78, 5) is 38.4. The number of carbonyl (C=O) groups is 3. The molecule has 0 unspecified atom stereocenters. The molecule has 0 radical (unpaired) electrons. The minimum absolute atomic E-state index is 0.0459. The van der Waals surface area contributed by atoms with Gasteiger partial charge in [-0.25, -0.2) is 0 Å². The Hall–Kier alpha value is -3.37. The number of hydrogen-bond donors (Lipinski definition) is 2. The lowest BCUT2D eigenvalue weighted by Gasteiger charge is -2.12. The number of carbonyl (C=O) groups excluding carboxylic acids is 3. The van der Waals surface area contributed by atoms with Crippen LogP contribution in [0, 0.1) is 0 Å². The second-order valence-corrected chi connectivity index (χ2v) is 8.07. The summed E-state index contributed by atoms with van der Waals surface area (Å²) in [5.74, 6) is -0.133. The van der Waals surface area contributed by atoms with Gasteiger partial charge in [-0.1, -0.05) is 11.6 Å². The Balaban J connectivity index is 1.46. The lowest BCUT2D eigenvalue weighted by molar-refractivity contribution is -0.127. The number of anilines is 1. The zero-order valence-corrected chi connectivity index (χ0v) is 18.3. The number of aromatic hydroxyl groups is 1. The fourth-order valence-corrected chi connectivity index (χ4v) is 4.11. The van der Waals surface area contributed by atoms with Gasteiger partial charge < -0.3 is 24.6 Å². The van der Waals surface area contributed by atoms with E-state index in [0.717, 1.165) is 4.90 Å². The molecular weight excluding hydrogens is 460 g/mol. The number of halogens is 1. The van der Waals surface area contributed by atoms with E-state index in [1.54, 1.807) is 25.1 Å². The lowest BCUT2D eigenvalue weighted by atomic mass is 10.2. The molecule has 0 bridgehead atoms. The molecule has 2 aliphatic rings. The molecule has 2 aliphatic heterocycles. The van der Waals surface area contributed by atoms with E-state index in [0.29, 0.717) is 41.1 Å². The zero-order chi connectivity index (χ0) is 22.8. The van der Waals surface area contributed by atoms with Gasteiger partial charge in [0.2, 0.25) is 12.7 Å². The fourth-order valence-electron chi connectivity index (χ4n) is 3.05. The van der Waals surface area contributed by atoms with Gasteiger partial charge in [0, 0.05) is 11.8 Å². The number of nitrogens with zero attached hydrogens (tertiary/aromatic N) is 1. The fraction of sp³-hybridized carbons (Fsp3) is 0.190. The van der Waals surface area contributed by atoms with E-state index >= 15 is 0 Å². The van der Waals surface area contributed by atoms with Crippen molar-refractivity contribution in [1.82, 2.24) is 4.90 Å². The summed E-state index contributed by atoms with van der Waals surface area (Å²) in [6.07, 6.45) is 1.45. The molecule has 2 N–H and O–H groups in total. The van der Waals surface area contributed by atoms with Crippen LogP contribution in [-0.2, 0) is 9.59 Å². The van der Waals surface area contributed by atoms with Crippen LogP contribution >= 0.6 is 23.4 Å². The number of rotatable bonds is 6. The standard InChI is InChI=1S/C21H17ClN2O7S/c1-2-29-16-6-11(5-13(22)19(16)26)7-17-20(27)24(21(28)32-17)9-18(25)23-12-3-4-14-15(8-12)31-10-30-14/h3-8,26H,2,9-10H2,1H3,(H,23,25)/b17-7-. The molecule has 0 saturated carbocycles. The summed E-state index contributed by atoms with van der Waals surface area (Å²) >= 11 is 6.72. The van der Waals surface area contributed by atoms with E-state index in [1.165, 1.54) is 18.2 Å². The number of imide groups is 1. The molecule has 9 nitrogen and oxygen atoms in total. The van der Waals surface area contributed by atoms with E-state index in [1.807, 2.05) is 0 Å². The Kier molecular flexibility index (Phi) is 6.15.